The quantitative estimate of drug-likeness (QED) is 0.694. The maximum absolute atomic E-state index is 12.4. The molecule has 2 amide bonds. The Kier molecular flexibility index (Phi) is 5.11. The van der Waals surface area contributed by atoms with Gasteiger partial charge in [-0.15, -0.1) is 10.2 Å². The fourth-order valence-corrected chi connectivity index (χ4v) is 4.02. The second-order valence-corrected chi connectivity index (χ2v) is 8.09. The van der Waals surface area contributed by atoms with Crippen molar-refractivity contribution in [1.29, 1.82) is 0 Å². The van der Waals surface area contributed by atoms with Crippen LogP contribution in [0.5, 0.6) is 0 Å². The van der Waals surface area contributed by atoms with Crippen LogP contribution in [-0.4, -0.2) is 28.6 Å². The zero-order chi connectivity index (χ0) is 19.7. The minimum atomic E-state index is -0.275. The van der Waals surface area contributed by atoms with E-state index in [0.717, 1.165) is 16.3 Å². The minimum Gasteiger partial charge on any atom is -0.312 e. The molecule has 8 heteroatoms. The highest BCUT2D eigenvalue weighted by Gasteiger charge is 2.34. The molecule has 1 unspecified atom stereocenters. The summed E-state index contributed by atoms with van der Waals surface area (Å²) in [6.07, 6.45) is 0.383. The van der Waals surface area contributed by atoms with E-state index in [9.17, 15) is 9.59 Å². The lowest BCUT2D eigenvalue weighted by Crippen LogP contribution is -2.24. The summed E-state index contributed by atoms with van der Waals surface area (Å²) in [7, 11) is 0. The molecule has 2 aromatic carbocycles. The van der Waals surface area contributed by atoms with Crippen molar-refractivity contribution in [3.05, 3.63) is 69.7 Å². The van der Waals surface area contributed by atoms with Gasteiger partial charge >= 0.3 is 0 Å². The molecule has 1 aliphatic rings. The second kappa shape index (κ2) is 7.69. The lowest BCUT2D eigenvalue weighted by Gasteiger charge is -2.16. The van der Waals surface area contributed by atoms with Gasteiger partial charge in [0.15, 0.2) is 0 Å². The molecular formula is C20H17ClN4O2S. The molecule has 1 N–H and O–H groups in total. The number of halogens is 1. The van der Waals surface area contributed by atoms with Gasteiger partial charge in [0.1, 0.15) is 5.01 Å². The Labute approximate surface area is 171 Å². The fourth-order valence-electron chi connectivity index (χ4n) is 3.07. The van der Waals surface area contributed by atoms with Crippen molar-refractivity contribution in [2.75, 3.05) is 16.8 Å². The van der Waals surface area contributed by atoms with E-state index in [2.05, 4.69) is 15.5 Å². The average Bonchev–Trinajstić information content (AvgIpc) is 3.29. The summed E-state index contributed by atoms with van der Waals surface area (Å²) in [4.78, 5) is 26.5. The molecule has 1 atom stereocenters. The van der Waals surface area contributed by atoms with Gasteiger partial charge in [0.2, 0.25) is 11.0 Å². The lowest BCUT2D eigenvalue weighted by molar-refractivity contribution is -0.117. The minimum absolute atomic E-state index is 0.0347. The van der Waals surface area contributed by atoms with Crippen LogP contribution in [0.3, 0.4) is 0 Å². The maximum atomic E-state index is 12.4. The van der Waals surface area contributed by atoms with E-state index in [1.807, 2.05) is 31.2 Å². The van der Waals surface area contributed by atoms with E-state index in [0.29, 0.717) is 28.7 Å². The Balaban J connectivity index is 1.44. The largest absolute Gasteiger partial charge is 0.312 e. The molecule has 1 fully saturated rings. The van der Waals surface area contributed by atoms with Crippen LogP contribution in [0.1, 0.15) is 33.3 Å². The van der Waals surface area contributed by atoms with Crippen molar-refractivity contribution in [3.8, 4) is 0 Å². The van der Waals surface area contributed by atoms with Gasteiger partial charge in [0, 0.05) is 35.2 Å². The van der Waals surface area contributed by atoms with E-state index in [-0.39, 0.29) is 17.7 Å². The number of aryl methyl sites for hydroxylation is 1. The third-order valence-corrected chi connectivity index (χ3v) is 5.84. The molecule has 28 heavy (non-hydrogen) atoms. The molecule has 0 aliphatic carbocycles. The number of nitrogens with zero attached hydrogens (tertiary/aromatic N) is 3. The molecule has 1 saturated heterocycles. The third kappa shape index (κ3) is 3.90. The number of aromatic nitrogens is 2. The van der Waals surface area contributed by atoms with E-state index in [1.165, 1.54) is 11.3 Å². The first-order chi connectivity index (χ1) is 13.5. The first-order valence-corrected chi connectivity index (χ1v) is 9.96. The predicted octanol–water partition coefficient (Wildman–Crippen LogP) is 4.27. The van der Waals surface area contributed by atoms with Crippen molar-refractivity contribution in [2.45, 2.75) is 19.3 Å². The van der Waals surface area contributed by atoms with Gasteiger partial charge < -0.3 is 4.90 Å². The predicted molar refractivity (Wildman–Crippen MR) is 110 cm³/mol. The van der Waals surface area contributed by atoms with E-state index < -0.39 is 0 Å². The molecule has 0 saturated carbocycles. The van der Waals surface area contributed by atoms with E-state index >= 15 is 0 Å². The lowest BCUT2D eigenvalue weighted by atomic mass is 10.1. The standard InChI is InChI=1S/C20H17ClN4O2S/c1-12-2-8-16(9-3-12)25-11-14(10-17(25)26)19-23-24-20(28-19)22-18(27)13-4-6-15(21)7-5-13/h2-9,14H,10-11H2,1H3,(H,22,24,27). The zero-order valence-corrected chi connectivity index (χ0v) is 16.6. The number of rotatable bonds is 4. The maximum Gasteiger partial charge on any atom is 0.257 e. The van der Waals surface area contributed by atoms with Gasteiger partial charge in [0.05, 0.1) is 0 Å². The van der Waals surface area contributed by atoms with Crippen molar-refractivity contribution in [3.63, 3.8) is 0 Å². The molecule has 1 aromatic heterocycles. The number of hydrogen-bond acceptors (Lipinski definition) is 5. The summed E-state index contributed by atoms with van der Waals surface area (Å²) < 4.78 is 0. The van der Waals surface area contributed by atoms with E-state index in [4.69, 9.17) is 11.6 Å². The zero-order valence-electron chi connectivity index (χ0n) is 15.1. The number of carbonyl (C=O) groups is 2. The van der Waals surface area contributed by atoms with Crippen molar-refractivity contribution >= 4 is 45.6 Å². The SMILES string of the molecule is Cc1ccc(N2CC(c3nnc(NC(=O)c4ccc(Cl)cc4)s3)CC2=O)cc1. The summed E-state index contributed by atoms with van der Waals surface area (Å²) in [5, 5.41) is 12.7. The summed E-state index contributed by atoms with van der Waals surface area (Å²) in [5.41, 5.74) is 2.53. The molecular weight excluding hydrogens is 396 g/mol. The molecule has 0 spiro atoms. The molecule has 2 heterocycles. The molecule has 0 radical (unpaired) electrons. The van der Waals surface area contributed by atoms with Crippen LogP contribution in [-0.2, 0) is 4.79 Å². The highest BCUT2D eigenvalue weighted by molar-refractivity contribution is 7.15. The van der Waals surface area contributed by atoms with Crippen LogP contribution in [0, 0.1) is 6.92 Å². The highest BCUT2D eigenvalue weighted by Crippen LogP contribution is 2.34. The van der Waals surface area contributed by atoms with Gasteiger partial charge in [0.25, 0.3) is 5.91 Å². The van der Waals surface area contributed by atoms with Crippen molar-refractivity contribution in [1.82, 2.24) is 10.2 Å². The van der Waals surface area contributed by atoms with E-state index in [1.54, 1.807) is 29.2 Å². The first kappa shape index (κ1) is 18.6. The Hall–Kier alpha value is -2.77. The monoisotopic (exact) mass is 412 g/mol. The number of hydrogen-bond donors (Lipinski definition) is 1. The number of anilines is 2. The van der Waals surface area contributed by atoms with Crippen LogP contribution in [0.25, 0.3) is 0 Å². The Bertz CT molecular complexity index is 1020. The topological polar surface area (TPSA) is 75.2 Å². The normalized spacial score (nSPS) is 16.4. The molecule has 4 rings (SSSR count). The van der Waals surface area contributed by atoms with Crippen molar-refractivity contribution in [2.24, 2.45) is 0 Å². The number of carbonyl (C=O) groups excluding carboxylic acids is 2. The second-order valence-electron chi connectivity index (χ2n) is 6.65. The number of benzene rings is 2. The van der Waals surface area contributed by atoms with Gasteiger partial charge in [-0.1, -0.05) is 40.6 Å². The van der Waals surface area contributed by atoms with Gasteiger partial charge in [-0.2, -0.15) is 0 Å². The van der Waals surface area contributed by atoms with Gasteiger partial charge in [-0.25, -0.2) is 0 Å². The summed E-state index contributed by atoms with van der Waals surface area (Å²) in [5.74, 6) is -0.244. The molecule has 0 bridgehead atoms. The highest BCUT2D eigenvalue weighted by atomic mass is 35.5. The average molecular weight is 413 g/mol. The van der Waals surface area contributed by atoms with Gasteiger partial charge in [-0.05, 0) is 43.3 Å². The summed E-state index contributed by atoms with van der Waals surface area (Å²) >= 11 is 7.14. The smallest absolute Gasteiger partial charge is 0.257 e. The molecule has 6 nitrogen and oxygen atoms in total. The third-order valence-electron chi connectivity index (χ3n) is 4.59. The molecule has 3 aromatic rings. The van der Waals surface area contributed by atoms with Crippen LogP contribution in [0.15, 0.2) is 48.5 Å². The number of amides is 2. The van der Waals surface area contributed by atoms with Crippen LogP contribution in [0.2, 0.25) is 5.02 Å². The van der Waals surface area contributed by atoms with Crippen molar-refractivity contribution < 1.29 is 9.59 Å². The molecule has 1 aliphatic heterocycles. The fraction of sp³-hybridized carbons (Fsp3) is 0.200. The van der Waals surface area contributed by atoms with Crippen LogP contribution >= 0.6 is 22.9 Å². The van der Waals surface area contributed by atoms with Crippen LogP contribution < -0.4 is 10.2 Å². The Morgan fingerprint density at radius 2 is 1.86 bits per heavy atom. The van der Waals surface area contributed by atoms with Gasteiger partial charge in [-0.3, -0.25) is 14.9 Å². The van der Waals surface area contributed by atoms with Crippen LogP contribution in [0.4, 0.5) is 10.8 Å². The Morgan fingerprint density at radius 3 is 2.57 bits per heavy atom. The Morgan fingerprint density at radius 1 is 1.14 bits per heavy atom. The summed E-state index contributed by atoms with van der Waals surface area (Å²) in [6.45, 7) is 2.57. The summed E-state index contributed by atoms with van der Waals surface area (Å²) in [6, 6.07) is 14.5. The molecule has 142 valence electrons. The first-order valence-electron chi connectivity index (χ1n) is 8.77. The number of nitrogens with one attached hydrogen (secondary N) is 1.